The monoisotopic (exact) mass is 210 g/mol. The number of nitrogen functional groups attached to an aromatic ring is 1. The van der Waals surface area contributed by atoms with Crippen molar-refractivity contribution in [3.63, 3.8) is 0 Å². The van der Waals surface area contributed by atoms with E-state index in [-0.39, 0.29) is 11.4 Å². The van der Waals surface area contributed by atoms with E-state index >= 15 is 0 Å². The van der Waals surface area contributed by atoms with Crippen LogP contribution in [-0.4, -0.2) is 14.5 Å². The Labute approximate surface area is 91.2 Å². The summed E-state index contributed by atoms with van der Waals surface area (Å²) in [5, 5.41) is 17.7. The summed E-state index contributed by atoms with van der Waals surface area (Å²) in [6, 6.07) is 5.42. The maximum absolute atomic E-state index is 8.95. The van der Waals surface area contributed by atoms with Crippen LogP contribution in [-0.2, 0) is 0 Å². The number of nitrogens with two attached hydrogens (primary N) is 1. The summed E-state index contributed by atoms with van der Waals surface area (Å²) >= 11 is 0. The summed E-state index contributed by atoms with van der Waals surface area (Å²) < 4.78 is 1.47. The Kier molecular flexibility index (Phi) is 2.25. The van der Waals surface area contributed by atoms with Gasteiger partial charge in [-0.15, -0.1) is 0 Å². The van der Waals surface area contributed by atoms with Gasteiger partial charge >= 0.3 is 0 Å². The third kappa shape index (κ3) is 1.35. The van der Waals surface area contributed by atoms with Gasteiger partial charge in [0.1, 0.15) is 18.5 Å². The number of anilines is 1. The lowest BCUT2D eigenvalue weighted by Gasteiger charge is -2.05. The second-order valence-electron chi connectivity index (χ2n) is 2.97. The molecule has 0 aliphatic rings. The minimum atomic E-state index is 0.0821. The van der Waals surface area contributed by atoms with Crippen molar-refractivity contribution < 1.29 is 0 Å². The average Bonchev–Trinajstić information content (AvgIpc) is 2.72. The maximum atomic E-state index is 8.95. The van der Waals surface area contributed by atoms with Crippen LogP contribution in [0.3, 0.4) is 0 Å². The van der Waals surface area contributed by atoms with Crippen molar-refractivity contribution in [1.82, 2.24) is 14.5 Å². The van der Waals surface area contributed by atoms with Crippen LogP contribution in [0.5, 0.6) is 0 Å². The van der Waals surface area contributed by atoms with E-state index < -0.39 is 0 Å². The van der Waals surface area contributed by atoms with Gasteiger partial charge in [0, 0.05) is 6.20 Å². The fourth-order valence-electron chi connectivity index (χ4n) is 1.34. The number of nitrogens with zero attached hydrogens (tertiary/aromatic N) is 5. The summed E-state index contributed by atoms with van der Waals surface area (Å²) in [7, 11) is 0. The van der Waals surface area contributed by atoms with Crippen LogP contribution in [0.2, 0.25) is 0 Å². The summed E-state index contributed by atoms with van der Waals surface area (Å²) in [6.45, 7) is 0. The van der Waals surface area contributed by atoms with Crippen molar-refractivity contribution in [3.8, 4) is 17.8 Å². The molecular weight excluding hydrogens is 204 g/mol. The molecule has 2 aromatic rings. The van der Waals surface area contributed by atoms with Crippen molar-refractivity contribution in [2.45, 2.75) is 0 Å². The Morgan fingerprint density at radius 3 is 2.75 bits per heavy atom. The smallest absolute Gasteiger partial charge is 0.177 e. The van der Waals surface area contributed by atoms with Gasteiger partial charge in [0.15, 0.2) is 11.4 Å². The van der Waals surface area contributed by atoms with Gasteiger partial charge in [0.05, 0.1) is 17.6 Å². The topological polar surface area (TPSA) is 104 Å². The van der Waals surface area contributed by atoms with E-state index in [1.807, 2.05) is 12.1 Å². The molecule has 0 aromatic carbocycles. The first kappa shape index (κ1) is 9.69. The van der Waals surface area contributed by atoms with Gasteiger partial charge in [-0.25, -0.2) is 4.98 Å². The third-order valence-corrected chi connectivity index (χ3v) is 2.07. The van der Waals surface area contributed by atoms with Crippen LogP contribution in [0.15, 0.2) is 24.8 Å². The lowest BCUT2D eigenvalue weighted by molar-refractivity contribution is 1.03. The molecule has 16 heavy (non-hydrogen) atoms. The molecule has 2 heterocycles. The Morgan fingerprint density at radius 2 is 2.12 bits per heavy atom. The van der Waals surface area contributed by atoms with E-state index in [1.165, 1.54) is 17.1 Å². The van der Waals surface area contributed by atoms with Crippen LogP contribution in [0.4, 0.5) is 5.69 Å². The van der Waals surface area contributed by atoms with E-state index in [0.29, 0.717) is 11.4 Å². The molecule has 76 valence electrons. The van der Waals surface area contributed by atoms with Crippen LogP contribution >= 0.6 is 0 Å². The molecule has 0 bridgehead atoms. The molecule has 0 radical (unpaired) electrons. The van der Waals surface area contributed by atoms with Crippen LogP contribution in [0.25, 0.3) is 5.69 Å². The number of imidazole rings is 1. The number of pyridine rings is 1. The fourth-order valence-corrected chi connectivity index (χ4v) is 1.34. The number of nitriles is 2. The van der Waals surface area contributed by atoms with Gasteiger partial charge in [0.2, 0.25) is 0 Å². The molecule has 0 aliphatic heterocycles. The predicted octanol–water partition coefficient (Wildman–Crippen LogP) is 0.593. The minimum absolute atomic E-state index is 0.0821. The molecule has 0 saturated heterocycles. The first-order chi connectivity index (χ1) is 7.77. The van der Waals surface area contributed by atoms with Crippen molar-refractivity contribution in [2.24, 2.45) is 0 Å². The summed E-state index contributed by atoms with van der Waals surface area (Å²) in [5.74, 6) is 0. The predicted molar refractivity (Wildman–Crippen MR) is 55.2 cm³/mol. The molecule has 0 aliphatic carbocycles. The van der Waals surface area contributed by atoms with Gasteiger partial charge in [-0.05, 0) is 6.07 Å². The highest BCUT2D eigenvalue weighted by molar-refractivity contribution is 5.58. The van der Waals surface area contributed by atoms with E-state index in [9.17, 15) is 0 Å². The molecule has 6 nitrogen and oxygen atoms in total. The minimum Gasteiger partial charge on any atom is -0.396 e. The zero-order chi connectivity index (χ0) is 11.5. The van der Waals surface area contributed by atoms with Gasteiger partial charge in [-0.1, -0.05) is 0 Å². The average molecular weight is 210 g/mol. The van der Waals surface area contributed by atoms with Crippen molar-refractivity contribution in [3.05, 3.63) is 36.2 Å². The lowest BCUT2D eigenvalue weighted by Crippen LogP contribution is -2.01. The van der Waals surface area contributed by atoms with E-state index in [0.717, 1.165) is 0 Å². The molecule has 0 spiro atoms. The zero-order valence-electron chi connectivity index (χ0n) is 8.12. The maximum Gasteiger partial charge on any atom is 0.177 e. The van der Waals surface area contributed by atoms with Crippen LogP contribution in [0.1, 0.15) is 11.4 Å². The van der Waals surface area contributed by atoms with Crippen molar-refractivity contribution in [1.29, 1.82) is 10.5 Å². The highest BCUT2D eigenvalue weighted by Gasteiger charge is 2.12. The Morgan fingerprint density at radius 1 is 1.31 bits per heavy atom. The molecule has 2 aromatic heterocycles. The molecule has 2 N–H and O–H groups in total. The number of aromatic nitrogens is 3. The summed E-state index contributed by atoms with van der Waals surface area (Å²) in [6.07, 6.45) is 4.42. The molecule has 2 rings (SSSR count). The lowest BCUT2D eigenvalue weighted by atomic mass is 10.3. The van der Waals surface area contributed by atoms with E-state index in [2.05, 4.69) is 9.97 Å². The third-order valence-electron chi connectivity index (χ3n) is 2.07. The first-order valence-corrected chi connectivity index (χ1v) is 4.35. The Bertz CT molecular complexity index is 613. The highest BCUT2D eigenvalue weighted by Crippen LogP contribution is 2.18. The van der Waals surface area contributed by atoms with Gasteiger partial charge in [0.25, 0.3) is 0 Å². The summed E-state index contributed by atoms with van der Waals surface area (Å²) in [5.41, 5.74) is 6.97. The van der Waals surface area contributed by atoms with Crippen LogP contribution < -0.4 is 5.73 Å². The second kappa shape index (κ2) is 3.71. The number of hydrogen-bond acceptors (Lipinski definition) is 5. The van der Waals surface area contributed by atoms with Crippen molar-refractivity contribution >= 4 is 5.69 Å². The molecule has 0 unspecified atom stereocenters. The number of rotatable bonds is 1. The highest BCUT2D eigenvalue weighted by atomic mass is 15.1. The van der Waals surface area contributed by atoms with Crippen molar-refractivity contribution in [2.75, 3.05) is 5.73 Å². The molecular formula is C10H6N6. The molecule has 6 heteroatoms. The summed E-state index contributed by atoms with van der Waals surface area (Å²) in [4.78, 5) is 7.67. The normalized spacial score (nSPS) is 9.38. The SMILES string of the molecule is N#Cc1ncn(-c2ccncc2N)c1C#N. The second-order valence-corrected chi connectivity index (χ2v) is 2.97. The fraction of sp³-hybridized carbons (Fsp3) is 0. The number of hydrogen-bond donors (Lipinski definition) is 1. The molecule has 0 amide bonds. The quantitative estimate of drug-likeness (QED) is 0.741. The standard InChI is InChI=1S/C10H6N6/c11-3-8-10(4-12)16(6-15-8)9-1-2-14-5-7(9)13/h1-2,5-6H,13H2. The Balaban J connectivity index is 2.68. The van der Waals surface area contributed by atoms with E-state index in [4.69, 9.17) is 16.3 Å². The molecule has 0 fully saturated rings. The van der Waals surface area contributed by atoms with Crippen LogP contribution in [0, 0.1) is 22.7 Å². The largest absolute Gasteiger partial charge is 0.396 e. The first-order valence-electron chi connectivity index (χ1n) is 4.35. The van der Waals surface area contributed by atoms with Gasteiger partial charge < -0.3 is 5.73 Å². The zero-order valence-corrected chi connectivity index (χ0v) is 8.12. The molecule has 0 atom stereocenters. The van der Waals surface area contributed by atoms with Gasteiger partial charge in [-0.2, -0.15) is 10.5 Å². The van der Waals surface area contributed by atoms with Gasteiger partial charge in [-0.3, -0.25) is 9.55 Å². The van der Waals surface area contributed by atoms with E-state index in [1.54, 1.807) is 12.3 Å². The molecule has 0 saturated carbocycles. The Hall–Kier alpha value is -2.86.